The molecule has 2 heteroatoms. The molecule has 0 radical (unpaired) electrons. The number of fused-ring (bicyclic) bond motifs is 1. The van der Waals surface area contributed by atoms with Gasteiger partial charge in [0.25, 0.3) is 0 Å². The summed E-state index contributed by atoms with van der Waals surface area (Å²) in [4.78, 5) is 13.9. The van der Waals surface area contributed by atoms with Gasteiger partial charge in [-0.3, -0.25) is 4.79 Å². The summed E-state index contributed by atoms with van der Waals surface area (Å²) in [6, 6.07) is 11.2. The number of aryl methyl sites for hydroxylation is 4. The van der Waals surface area contributed by atoms with Crippen LogP contribution >= 0.6 is 11.8 Å². The fourth-order valence-corrected chi connectivity index (χ4v) is 5.16. The van der Waals surface area contributed by atoms with Gasteiger partial charge in [-0.1, -0.05) is 44.2 Å². The number of carbonyl (C=O) groups excluding carboxylic acids is 1. The van der Waals surface area contributed by atoms with Crippen LogP contribution in [0.4, 0.5) is 0 Å². The van der Waals surface area contributed by atoms with E-state index in [4.69, 9.17) is 0 Å². The van der Waals surface area contributed by atoms with E-state index in [9.17, 15) is 4.79 Å². The van der Waals surface area contributed by atoms with Gasteiger partial charge < -0.3 is 0 Å². The SMILES string of the molecule is CCS/C(=C\C(C)Cc1cc(C)c(C)cc1C)c1ccc2c(c1)C(=O)CCCC2. The molecule has 1 aliphatic carbocycles. The van der Waals surface area contributed by atoms with Gasteiger partial charge in [0.05, 0.1) is 0 Å². The van der Waals surface area contributed by atoms with Gasteiger partial charge in [-0.15, -0.1) is 11.8 Å². The molecular weight excluding hydrogens is 372 g/mol. The standard InChI is InChI=1S/C27H34OS/c1-6-29-27(14-18(2)13-24-16-20(4)19(3)15-21(24)5)23-12-11-22-9-7-8-10-26(28)25(22)17-23/h11-12,14-18H,6-10,13H2,1-5H3/b27-14-. The first-order valence-electron chi connectivity index (χ1n) is 11.0. The highest BCUT2D eigenvalue weighted by molar-refractivity contribution is 8.08. The summed E-state index contributed by atoms with van der Waals surface area (Å²) >= 11 is 1.89. The monoisotopic (exact) mass is 406 g/mol. The molecule has 1 aliphatic rings. The predicted octanol–water partition coefficient (Wildman–Crippen LogP) is 7.49. The third-order valence-corrected chi connectivity index (χ3v) is 7.00. The molecule has 2 aromatic rings. The first kappa shape index (κ1) is 21.9. The Kier molecular flexibility index (Phi) is 7.40. The van der Waals surface area contributed by atoms with E-state index in [2.05, 4.69) is 71.0 Å². The second-order valence-electron chi connectivity index (χ2n) is 8.51. The van der Waals surface area contributed by atoms with E-state index >= 15 is 0 Å². The average molecular weight is 407 g/mol. The molecule has 0 spiro atoms. The summed E-state index contributed by atoms with van der Waals surface area (Å²) in [5.41, 5.74) is 8.95. The van der Waals surface area contributed by atoms with Crippen molar-refractivity contribution in [1.82, 2.24) is 0 Å². The van der Waals surface area contributed by atoms with Gasteiger partial charge in [-0.2, -0.15) is 0 Å². The van der Waals surface area contributed by atoms with Crippen LogP contribution in [-0.2, 0) is 12.8 Å². The number of benzene rings is 2. The minimum Gasteiger partial charge on any atom is -0.294 e. The summed E-state index contributed by atoms with van der Waals surface area (Å²) in [5.74, 6) is 1.80. The molecule has 0 saturated carbocycles. The Balaban J connectivity index is 1.88. The minimum absolute atomic E-state index is 0.319. The Morgan fingerprint density at radius 3 is 2.52 bits per heavy atom. The van der Waals surface area contributed by atoms with Crippen LogP contribution in [-0.4, -0.2) is 11.5 Å². The third kappa shape index (κ3) is 5.42. The number of thioether (sulfide) groups is 1. The van der Waals surface area contributed by atoms with Gasteiger partial charge >= 0.3 is 0 Å². The molecule has 0 aliphatic heterocycles. The number of hydrogen-bond acceptors (Lipinski definition) is 2. The lowest BCUT2D eigenvalue weighted by atomic mass is 9.93. The molecule has 1 nitrogen and oxygen atoms in total. The topological polar surface area (TPSA) is 17.1 Å². The Morgan fingerprint density at radius 1 is 1.03 bits per heavy atom. The van der Waals surface area contributed by atoms with E-state index in [0.717, 1.165) is 37.0 Å². The van der Waals surface area contributed by atoms with Gasteiger partial charge in [0.2, 0.25) is 0 Å². The van der Waals surface area contributed by atoms with Crippen molar-refractivity contribution in [1.29, 1.82) is 0 Å². The predicted molar refractivity (Wildman–Crippen MR) is 128 cm³/mol. The largest absolute Gasteiger partial charge is 0.294 e. The highest BCUT2D eigenvalue weighted by Gasteiger charge is 2.17. The van der Waals surface area contributed by atoms with Crippen molar-refractivity contribution >= 4 is 22.5 Å². The summed E-state index contributed by atoms with van der Waals surface area (Å²) in [5, 5.41) is 0. The molecule has 1 atom stereocenters. The zero-order valence-electron chi connectivity index (χ0n) is 18.6. The molecule has 0 N–H and O–H groups in total. The second-order valence-corrected chi connectivity index (χ2v) is 9.82. The summed E-state index contributed by atoms with van der Waals surface area (Å²) in [7, 11) is 0. The normalized spacial score (nSPS) is 15.8. The van der Waals surface area contributed by atoms with Crippen LogP contribution in [0.5, 0.6) is 0 Å². The van der Waals surface area contributed by atoms with Crippen molar-refractivity contribution in [2.24, 2.45) is 5.92 Å². The van der Waals surface area contributed by atoms with Crippen molar-refractivity contribution in [3.8, 4) is 0 Å². The van der Waals surface area contributed by atoms with Gasteiger partial charge in [0, 0.05) is 16.9 Å². The first-order valence-corrected chi connectivity index (χ1v) is 12.0. The molecular formula is C27H34OS. The van der Waals surface area contributed by atoms with Crippen LogP contribution < -0.4 is 0 Å². The molecule has 0 bridgehead atoms. The lowest BCUT2D eigenvalue weighted by molar-refractivity contribution is 0.0982. The minimum atomic E-state index is 0.319. The highest BCUT2D eigenvalue weighted by Crippen LogP contribution is 2.33. The molecule has 2 aromatic carbocycles. The summed E-state index contributed by atoms with van der Waals surface area (Å²) in [6.45, 7) is 11.1. The number of ketones is 1. The molecule has 154 valence electrons. The molecule has 1 unspecified atom stereocenters. The van der Waals surface area contributed by atoms with Crippen molar-refractivity contribution in [2.45, 2.75) is 66.7 Å². The first-order chi connectivity index (χ1) is 13.9. The fourth-order valence-electron chi connectivity index (χ4n) is 4.23. The maximum atomic E-state index is 12.6. The molecule has 0 heterocycles. The lowest BCUT2D eigenvalue weighted by Gasteiger charge is -2.16. The van der Waals surface area contributed by atoms with Crippen molar-refractivity contribution in [3.05, 3.63) is 75.4 Å². The zero-order chi connectivity index (χ0) is 21.0. The van der Waals surface area contributed by atoms with Crippen LogP contribution in [0, 0.1) is 26.7 Å². The Morgan fingerprint density at radius 2 is 1.76 bits per heavy atom. The van der Waals surface area contributed by atoms with Crippen LogP contribution in [0.1, 0.15) is 76.8 Å². The zero-order valence-corrected chi connectivity index (χ0v) is 19.4. The number of allylic oxidation sites excluding steroid dienone is 1. The van der Waals surface area contributed by atoms with Crippen LogP contribution in [0.2, 0.25) is 0 Å². The van der Waals surface area contributed by atoms with Gasteiger partial charge in [-0.25, -0.2) is 0 Å². The van der Waals surface area contributed by atoms with E-state index in [0.29, 0.717) is 18.1 Å². The fraction of sp³-hybridized carbons (Fsp3) is 0.444. The van der Waals surface area contributed by atoms with Crippen LogP contribution in [0.15, 0.2) is 36.4 Å². The summed E-state index contributed by atoms with van der Waals surface area (Å²) in [6.07, 6.45) is 7.32. The quantitative estimate of drug-likeness (QED) is 0.462. The second kappa shape index (κ2) is 9.80. The molecule has 0 fully saturated rings. The van der Waals surface area contributed by atoms with E-state index < -0.39 is 0 Å². The molecule has 29 heavy (non-hydrogen) atoms. The number of hydrogen-bond donors (Lipinski definition) is 0. The highest BCUT2D eigenvalue weighted by atomic mass is 32.2. The van der Waals surface area contributed by atoms with E-state index in [1.165, 1.54) is 38.3 Å². The molecule has 0 aromatic heterocycles. The average Bonchev–Trinajstić information content (AvgIpc) is 2.87. The summed E-state index contributed by atoms with van der Waals surface area (Å²) < 4.78 is 0. The lowest BCUT2D eigenvalue weighted by Crippen LogP contribution is -2.03. The Hall–Kier alpha value is -1.80. The molecule has 3 rings (SSSR count). The number of carbonyl (C=O) groups is 1. The molecule has 0 amide bonds. The van der Waals surface area contributed by atoms with Crippen molar-refractivity contribution < 1.29 is 4.79 Å². The van der Waals surface area contributed by atoms with E-state index in [1.807, 2.05) is 11.8 Å². The maximum Gasteiger partial charge on any atom is 0.163 e. The van der Waals surface area contributed by atoms with Crippen LogP contribution in [0.3, 0.4) is 0 Å². The smallest absolute Gasteiger partial charge is 0.163 e. The van der Waals surface area contributed by atoms with E-state index in [-0.39, 0.29) is 0 Å². The number of rotatable bonds is 6. The van der Waals surface area contributed by atoms with Crippen molar-refractivity contribution in [3.63, 3.8) is 0 Å². The Labute approximate surface area is 181 Å². The van der Waals surface area contributed by atoms with Crippen molar-refractivity contribution in [2.75, 3.05) is 5.75 Å². The third-order valence-electron chi connectivity index (χ3n) is 6.02. The Bertz CT molecular complexity index is 922. The van der Waals surface area contributed by atoms with E-state index in [1.54, 1.807) is 0 Å². The maximum absolute atomic E-state index is 12.6. The van der Waals surface area contributed by atoms with Gasteiger partial charge in [0.1, 0.15) is 0 Å². The molecule has 0 saturated heterocycles. The van der Waals surface area contributed by atoms with Gasteiger partial charge in [0.15, 0.2) is 5.78 Å². The van der Waals surface area contributed by atoms with Crippen LogP contribution in [0.25, 0.3) is 4.91 Å². The number of Topliss-reactive ketones (excluding diaryl/α,β-unsaturated/α-hetero) is 1. The van der Waals surface area contributed by atoms with Gasteiger partial charge in [-0.05, 0) is 97.6 Å².